The maximum atomic E-state index is 5.55. The second-order valence-electron chi connectivity index (χ2n) is 8.94. The summed E-state index contributed by atoms with van der Waals surface area (Å²) in [7, 11) is 0. The lowest BCUT2D eigenvalue weighted by Gasteiger charge is -2.09. The van der Waals surface area contributed by atoms with Crippen LogP contribution in [0.15, 0.2) is 43.2 Å². The molecule has 0 radical (unpaired) electrons. The Kier molecular flexibility index (Phi) is 33.5. The van der Waals surface area contributed by atoms with Crippen LogP contribution in [0, 0.1) is 0 Å². The summed E-state index contributed by atoms with van der Waals surface area (Å²) in [6.45, 7) is 15.8. The van der Waals surface area contributed by atoms with E-state index in [1.54, 1.807) is 0 Å². The van der Waals surface area contributed by atoms with Crippen LogP contribution in [0.1, 0.15) is 0 Å². The van der Waals surface area contributed by atoms with Crippen LogP contribution in [0.25, 0.3) is 0 Å². The van der Waals surface area contributed by atoms with Crippen molar-refractivity contribution in [1.82, 2.24) is 0 Å². The Morgan fingerprint density at radius 2 is 0.578 bits per heavy atom. The molecule has 262 valence electrons. The summed E-state index contributed by atoms with van der Waals surface area (Å²) in [4.78, 5) is 0. The van der Waals surface area contributed by atoms with Gasteiger partial charge in [0.2, 0.25) is 0 Å². The highest BCUT2D eigenvalue weighted by Crippen LogP contribution is 2.07. The predicted octanol–water partition coefficient (Wildman–Crippen LogP) is 2.41. The lowest BCUT2D eigenvalue weighted by molar-refractivity contribution is -0.0280. The fraction of sp³-hybridized carbons (Fsp3) is 0.750. The van der Waals surface area contributed by atoms with Gasteiger partial charge in [-0.1, -0.05) is 24.8 Å². The van der Waals surface area contributed by atoms with E-state index in [-0.39, 0.29) is 0 Å². The van der Waals surface area contributed by atoms with Crippen LogP contribution in [-0.2, 0) is 56.8 Å². The van der Waals surface area contributed by atoms with Crippen LogP contribution in [0.2, 0.25) is 0 Å². The largest absolute Gasteiger partial charge is 0.499 e. The number of para-hydroxylation sites is 1. The minimum Gasteiger partial charge on any atom is -0.499 e. The first-order valence-corrected chi connectivity index (χ1v) is 15.7. The van der Waals surface area contributed by atoms with E-state index in [2.05, 4.69) is 6.58 Å². The Bertz CT molecular complexity index is 699. The van der Waals surface area contributed by atoms with Crippen molar-refractivity contribution in [2.24, 2.45) is 0 Å². The van der Waals surface area contributed by atoms with Gasteiger partial charge in [0.15, 0.2) is 0 Å². The third-order valence-electron chi connectivity index (χ3n) is 5.42. The van der Waals surface area contributed by atoms with Gasteiger partial charge in [-0.15, -0.1) is 0 Å². The molecule has 1 aromatic rings. The summed E-state index contributed by atoms with van der Waals surface area (Å²) in [5.74, 6) is 0.843. The molecule has 0 N–H and O–H groups in total. The van der Waals surface area contributed by atoms with Crippen molar-refractivity contribution in [2.75, 3.05) is 159 Å². The normalized spacial score (nSPS) is 11.2. The quantitative estimate of drug-likeness (QED) is 0.0772. The van der Waals surface area contributed by atoms with Crippen molar-refractivity contribution in [2.45, 2.75) is 0 Å². The average Bonchev–Trinajstić information content (AvgIpc) is 3.06. The van der Waals surface area contributed by atoms with E-state index in [1.165, 1.54) is 6.26 Å². The van der Waals surface area contributed by atoms with Gasteiger partial charge in [-0.25, -0.2) is 0 Å². The lowest BCUT2D eigenvalue weighted by atomic mass is 10.3. The monoisotopic (exact) mass is 648 g/mol. The molecule has 1 rings (SSSR count). The van der Waals surface area contributed by atoms with E-state index >= 15 is 0 Å². The molecule has 0 atom stereocenters. The highest BCUT2D eigenvalue weighted by Gasteiger charge is 1.97. The molecule has 0 heterocycles. The van der Waals surface area contributed by atoms with Crippen molar-refractivity contribution in [3.05, 3.63) is 43.2 Å². The van der Waals surface area contributed by atoms with Gasteiger partial charge in [0, 0.05) is 0 Å². The Morgan fingerprint density at radius 1 is 0.333 bits per heavy atom. The minimum atomic E-state index is 0.501. The molecule has 0 saturated carbocycles. The second-order valence-corrected chi connectivity index (χ2v) is 8.94. The van der Waals surface area contributed by atoms with Gasteiger partial charge in [0.1, 0.15) is 19.0 Å². The van der Waals surface area contributed by atoms with E-state index in [9.17, 15) is 0 Å². The van der Waals surface area contributed by atoms with Crippen LogP contribution in [-0.4, -0.2) is 159 Å². The first kappa shape index (κ1) is 41.1. The van der Waals surface area contributed by atoms with Crippen molar-refractivity contribution in [1.29, 1.82) is 0 Å². The standard InChI is InChI=1S/C32H56O13/c1-2-33-8-9-34-10-11-35-12-13-36-14-15-37-16-17-38-18-19-39-20-21-40-22-23-41-24-25-42-26-27-43-28-29-44-30-31-45-32-6-4-3-5-7-32/h2-7H,1,8-31H2. The minimum absolute atomic E-state index is 0.501. The van der Waals surface area contributed by atoms with Gasteiger partial charge in [0.05, 0.1) is 152 Å². The molecular weight excluding hydrogens is 592 g/mol. The molecule has 0 saturated heterocycles. The van der Waals surface area contributed by atoms with E-state index in [0.717, 1.165) is 5.75 Å². The van der Waals surface area contributed by atoms with Crippen molar-refractivity contribution < 1.29 is 61.6 Å². The molecule has 0 bridgehead atoms. The van der Waals surface area contributed by atoms with Crippen LogP contribution in [0.5, 0.6) is 5.75 Å². The summed E-state index contributed by atoms with van der Waals surface area (Å²) in [5, 5.41) is 0. The fourth-order valence-corrected chi connectivity index (χ4v) is 3.23. The molecule has 1 aromatic carbocycles. The zero-order valence-electron chi connectivity index (χ0n) is 26.9. The number of ether oxygens (including phenoxy) is 13. The number of hydrogen-bond acceptors (Lipinski definition) is 13. The molecule has 0 aliphatic heterocycles. The number of rotatable bonds is 38. The topological polar surface area (TPSA) is 120 Å². The van der Waals surface area contributed by atoms with Gasteiger partial charge in [-0.3, -0.25) is 0 Å². The summed E-state index contributed by atoms with van der Waals surface area (Å²) in [5.41, 5.74) is 0. The van der Waals surface area contributed by atoms with Gasteiger partial charge < -0.3 is 61.6 Å². The molecule has 0 fully saturated rings. The zero-order chi connectivity index (χ0) is 32.0. The molecule has 0 unspecified atom stereocenters. The van der Waals surface area contributed by atoms with E-state index in [0.29, 0.717) is 159 Å². The Morgan fingerprint density at radius 3 is 0.844 bits per heavy atom. The van der Waals surface area contributed by atoms with Gasteiger partial charge in [-0.05, 0) is 12.1 Å². The zero-order valence-corrected chi connectivity index (χ0v) is 26.9. The molecule has 0 spiro atoms. The van der Waals surface area contributed by atoms with E-state index in [1.807, 2.05) is 30.3 Å². The van der Waals surface area contributed by atoms with Gasteiger partial charge in [-0.2, -0.15) is 0 Å². The number of benzene rings is 1. The first-order chi connectivity index (χ1) is 22.4. The SMILES string of the molecule is C=COCCOCCOCCOCCOCCOCCOCCOCCOCCOCCOCCOCCOc1ccccc1. The number of hydrogen-bond donors (Lipinski definition) is 0. The lowest BCUT2D eigenvalue weighted by Crippen LogP contribution is -2.15. The summed E-state index contributed by atoms with van der Waals surface area (Å²) >= 11 is 0. The van der Waals surface area contributed by atoms with Crippen LogP contribution >= 0.6 is 0 Å². The smallest absolute Gasteiger partial charge is 0.119 e. The first-order valence-electron chi connectivity index (χ1n) is 15.7. The molecule has 0 aromatic heterocycles. The van der Waals surface area contributed by atoms with Gasteiger partial charge >= 0.3 is 0 Å². The summed E-state index contributed by atoms with van der Waals surface area (Å²) < 4.78 is 70.4. The third kappa shape index (κ3) is 33.3. The molecule has 13 heteroatoms. The Labute approximate surface area is 269 Å². The van der Waals surface area contributed by atoms with Gasteiger partial charge in [0.25, 0.3) is 0 Å². The third-order valence-corrected chi connectivity index (χ3v) is 5.42. The molecule has 45 heavy (non-hydrogen) atoms. The van der Waals surface area contributed by atoms with Crippen LogP contribution < -0.4 is 4.74 Å². The molecule has 0 amide bonds. The molecular formula is C32H56O13. The second kappa shape index (κ2) is 36.6. The van der Waals surface area contributed by atoms with Crippen molar-refractivity contribution in [3.63, 3.8) is 0 Å². The molecule has 0 aliphatic carbocycles. The maximum Gasteiger partial charge on any atom is 0.119 e. The maximum absolute atomic E-state index is 5.55. The van der Waals surface area contributed by atoms with E-state index < -0.39 is 0 Å². The summed E-state index contributed by atoms with van der Waals surface area (Å²) in [6.07, 6.45) is 1.40. The van der Waals surface area contributed by atoms with Crippen LogP contribution in [0.4, 0.5) is 0 Å². The Hall–Kier alpha value is -1.88. The average molecular weight is 649 g/mol. The molecule has 0 aliphatic rings. The molecule has 13 nitrogen and oxygen atoms in total. The highest BCUT2D eigenvalue weighted by molar-refractivity contribution is 5.20. The van der Waals surface area contributed by atoms with Crippen molar-refractivity contribution in [3.8, 4) is 5.75 Å². The fourth-order valence-electron chi connectivity index (χ4n) is 3.23. The van der Waals surface area contributed by atoms with E-state index in [4.69, 9.17) is 61.6 Å². The predicted molar refractivity (Wildman–Crippen MR) is 167 cm³/mol. The van der Waals surface area contributed by atoms with Crippen molar-refractivity contribution >= 4 is 0 Å². The highest BCUT2D eigenvalue weighted by atomic mass is 16.6. The van der Waals surface area contributed by atoms with Crippen LogP contribution in [0.3, 0.4) is 0 Å². The summed E-state index contributed by atoms with van der Waals surface area (Å²) in [6, 6.07) is 9.67. The Balaban J connectivity index is 1.61.